The van der Waals surface area contributed by atoms with Gasteiger partial charge in [-0.2, -0.15) is 0 Å². The van der Waals surface area contributed by atoms with Gasteiger partial charge < -0.3 is 29.5 Å². The van der Waals surface area contributed by atoms with Gasteiger partial charge in [0.2, 0.25) is 0 Å². The van der Waals surface area contributed by atoms with Crippen LogP contribution in [0.3, 0.4) is 0 Å². The van der Waals surface area contributed by atoms with E-state index in [1.807, 2.05) is 12.1 Å². The lowest BCUT2D eigenvalue weighted by molar-refractivity contribution is -0.238. The minimum atomic E-state index is -1.15. The van der Waals surface area contributed by atoms with Crippen molar-refractivity contribution in [2.75, 3.05) is 20.3 Å². The first-order valence-electron chi connectivity index (χ1n) is 8.39. The van der Waals surface area contributed by atoms with Crippen LogP contribution in [0.2, 0.25) is 0 Å². The molecule has 6 atom stereocenters. The highest BCUT2D eigenvalue weighted by Crippen LogP contribution is 2.34. The molecule has 3 N–H and O–H groups in total. The number of hydrogen-bond donors (Lipinski definition) is 3. The molecule has 1 aromatic rings. The molecule has 1 aromatic carbocycles. The standard InChI is InChI=1S/C18H28O6/c1-4-11(2)10-23-13-7-5-6-12(8-13)17-15(20)16(21)18(22-3)14(9-19)24-17/h5-8,11,14-21H,4,9-10H2,1-3H3. The first-order chi connectivity index (χ1) is 11.5. The molecule has 6 nitrogen and oxygen atoms in total. The molecule has 1 aliphatic rings. The Hall–Kier alpha value is -1.18. The molecule has 0 radical (unpaired) electrons. The highest BCUT2D eigenvalue weighted by molar-refractivity contribution is 5.31. The Labute approximate surface area is 143 Å². The van der Waals surface area contributed by atoms with E-state index < -0.39 is 30.5 Å². The quantitative estimate of drug-likeness (QED) is 0.693. The molecule has 0 aromatic heterocycles. The Morgan fingerprint density at radius 2 is 2.00 bits per heavy atom. The minimum Gasteiger partial charge on any atom is -0.493 e. The summed E-state index contributed by atoms with van der Waals surface area (Å²) < 4.78 is 16.7. The summed E-state index contributed by atoms with van der Waals surface area (Å²) in [5.74, 6) is 1.14. The van der Waals surface area contributed by atoms with Crippen molar-refractivity contribution < 1.29 is 29.5 Å². The van der Waals surface area contributed by atoms with Gasteiger partial charge in [-0.15, -0.1) is 0 Å². The number of methoxy groups -OCH3 is 1. The molecule has 1 aliphatic heterocycles. The molecule has 6 unspecified atom stereocenters. The van der Waals surface area contributed by atoms with Crippen molar-refractivity contribution in [1.29, 1.82) is 0 Å². The van der Waals surface area contributed by atoms with E-state index in [1.165, 1.54) is 7.11 Å². The van der Waals surface area contributed by atoms with Crippen molar-refractivity contribution in [3.63, 3.8) is 0 Å². The first kappa shape index (κ1) is 19.1. The van der Waals surface area contributed by atoms with Crippen molar-refractivity contribution in [1.82, 2.24) is 0 Å². The fraction of sp³-hybridized carbons (Fsp3) is 0.667. The van der Waals surface area contributed by atoms with Crippen molar-refractivity contribution >= 4 is 0 Å². The van der Waals surface area contributed by atoms with Crippen molar-refractivity contribution in [3.8, 4) is 5.75 Å². The van der Waals surface area contributed by atoms with Crippen LogP contribution in [0.15, 0.2) is 24.3 Å². The predicted molar refractivity (Wildman–Crippen MR) is 88.9 cm³/mol. The first-order valence-corrected chi connectivity index (χ1v) is 8.39. The third kappa shape index (κ3) is 4.26. The Bertz CT molecular complexity index is 506. The molecule has 1 saturated heterocycles. The fourth-order valence-corrected chi connectivity index (χ4v) is 2.79. The third-order valence-corrected chi connectivity index (χ3v) is 4.55. The lowest BCUT2D eigenvalue weighted by Crippen LogP contribution is -2.56. The van der Waals surface area contributed by atoms with Crippen LogP contribution >= 0.6 is 0 Å². The van der Waals surface area contributed by atoms with Crippen molar-refractivity contribution in [3.05, 3.63) is 29.8 Å². The van der Waals surface area contributed by atoms with Crippen LogP contribution < -0.4 is 4.74 Å². The van der Waals surface area contributed by atoms with Gasteiger partial charge in [-0.05, 0) is 23.6 Å². The lowest BCUT2D eigenvalue weighted by atomic mass is 9.91. The molecule has 24 heavy (non-hydrogen) atoms. The minimum absolute atomic E-state index is 0.303. The summed E-state index contributed by atoms with van der Waals surface area (Å²) in [6.07, 6.45) is -3.49. The van der Waals surface area contributed by atoms with Crippen LogP contribution in [-0.4, -0.2) is 60.1 Å². The van der Waals surface area contributed by atoms with Crippen LogP contribution in [0.1, 0.15) is 31.9 Å². The Balaban J connectivity index is 2.15. The maximum Gasteiger partial charge on any atom is 0.119 e. The summed E-state index contributed by atoms with van der Waals surface area (Å²) in [6.45, 7) is 4.54. The molecule has 0 saturated carbocycles. The second-order valence-electron chi connectivity index (χ2n) is 6.36. The number of aliphatic hydroxyl groups is 3. The molecule has 2 rings (SSSR count). The van der Waals surface area contributed by atoms with Gasteiger partial charge in [0.1, 0.15) is 36.3 Å². The topological polar surface area (TPSA) is 88.4 Å². The van der Waals surface area contributed by atoms with E-state index in [1.54, 1.807) is 12.1 Å². The zero-order chi connectivity index (χ0) is 17.7. The Morgan fingerprint density at radius 3 is 2.62 bits per heavy atom. The van der Waals surface area contributed by atoms with E-state index in [2.05, 4.69) is 13.8 Å². The highest BCUT2D eigenvalue weighted by Gasteiger charge is 2.45. The SMILES string of the molecule is CCC(C)COc1cccc(C2OC(CO)C(OC)C(O)C2O)c1. The predicted octanol–water partition coefficient (Wildman–Crippen LogP) is 1.28. The van der Waals surface area contributed by atoms with E-state index in [0.717, 1.165) is 6.42 Å². The van der Waals surface area contributed by atoms with Crippen LogP contribution in [0.25, 0.3) is 0 Å². The molecule has 1 heterocycles. The number of rotatable bonds is 7. The molecule has 1 fully saturated rings. The molecule has 0 bridgehead atoms. The van der Waals surface area contributed by atoms with Crippen molar-refractivity contribution in [2.24, 2.45) is 5.92 Å². The highest BCUT2D eigenvalue weighted by atomic mass is 16.6. The summed E-state index contributed by atoms with van der Waals surface area (Å²) in [6, 6.07) is 7.27. The third-order valence-electron chi connectivity index (χ3n) is 4.55. The molecule has 0 spiro atoms. The average Bonchev–Trinajstić information content (AvgIpc) is 2.61. The summed E-state index contributed by atoms with van der Waals surface area (Å²) in [5.41, 5.74) is 0.691. The van der Waals surface area contributed by atoms with Crippen molar-refractivity contribution in [2.45, 2.75) is 50.8 Å². The normalized spacial score (nSPS) is 31.7. The second kappa shape index (κ2) is 8.78. The van der Waals surface area contributed by atoms with E-state index in [-0.39, 0.29) is 6.61 Å². The van der Waals surface area contributed by atoms with Gasteiger partial charge in [0.25, 0.3) is 0 Å². The zero-order valence-electron chi connectivity index (χ0n) is 14.5. The van der Waals surface area contributed by atoms with Gasteiger partial charge in [-0.3, -0.25) is 0 Å². The molecule has 0 aliphatic carbocycles. The summed E-state index contributed by atoms with van der Waals surface area (Å²) in [4.78, 5) is 0. The van der Waals surface area contributed by atoms with Crippen LogP contribution in [0.5, 0.6) is 5.75 Å². The van der Waals surface area contributed by atoms with Gasteiger partial charge >= 0.3 is 0 Å². The molecular weight excluding hydrogens is 312 g/mol. The average molecular weight is 340 g/mol. The summed E-state index contributed by atoms with van der Waals surface area (Å²) >= 11 is 0. The molecule has 0 amide bonds. The number of aliphatic hydroxyl groups excluding tert-OH is 3. The maximum absolute atomic E-state index is 10.4. The zero-order valence-corrected chi connectivity index (χ0v) is 14.5. The Morgan fingerprint density at radius 1 is 1.25 bits per heavy atom. The molecular formula is C18H28O6. The van der Waals surface area contributed by atoms with Gasteiger partial charge in [0.05, 0.1) is 13.2 Å². The Kier molecular flexibility index (Phi) is 7.01. The number of ether oxygens (including phenoxy) is 3. The van der Waals surface area contributed by atoms with Gasteiger partial charge in [-0.1, -0.05) is 32.4 Å². The molecule has 136 valence electrons. The van der Waals surface area contributed by atoms with Gasteiger partial charge in [-0.25, -0.2) is 0 Å². The summed E-state index contributed by atoms with van der Waals surface area (Å²) in [5, 5.41) is 30.1. The van der Waals surface area contributed by atoms with Gasteiger partial charge in [0.15, 0.2) is 0 Å². The number of benzene rings is 1. The second-order valence-corrected chi connectivity index (χ2v) is 6.36. The lowest BCUT2D eigenvalue weighted by Gasteiger charge is -2.41. The van der Waals surface area contributed by atoms with Gasteiger partial charge in [0, 0.05) is 7.11 Å². The fourth-order valence-electron chi connectivity index (χ4n) is 2.79. The van der Waals surface area contributed by atoms with E-state index >= 15 is 0 Å². The van der Waals surface area contributed by atoms with Crippen LogP contribution in [0, 0.1) is 5.92 Å². The maximum atomic E-state index is 10.4. The smallest absolute Gasteiger partial charge is 0.119 e. The van der Waals surface area contributed by atoms with E-state index in [4.69, 9.17) is 14.2 Å². The monoisotopic (exact) mass is 340 g/mol. The van der Waals surface area contributed by atoms with Crippen LogP contribution in [-0.2, 0) is 9.47 Å². The largest absolute Gasteiger partial charge is 0.493 e. The number of hydrogen-bond acceptors (Lipinski definition) is 6. The molecule has 6 heteroatoms. The van der Waals surface area contributed by atoms with Crippen LogP contribution in [0.4, 0.5) is 0 Å². The van der Waals surface area contributed by atoms with E-state index in [9.17, 15) is 15.3 Å². The van der Waals surface area contributed by atoms with E-state index in [0.29, 0.717) is 23.8 Å². The summed E-state index contributed by atoms with van der Waals surface area (Å²) in [7, 11) is 1.41.